The highest BCUT2D eigenvalue weighted by atomic mass is 32.2. The van der Waals surface area contributed by atoms with Crippen molar-refractivity contribution in [2.75, 3.05) is 5.75 Å². The van der Waals surface area contributed by atoms with Crippen molar-refractivity contribution in [3.63, 3.8) is 0 Å². The third-order valence-electron chi connectivity index (χ3n) is 9.24. The Balaban J connectivity index is 1.60. The molecule has 5 atom stereocenters. The van der Waals surface area contributed by atoms with Gasteiger partial charge in [0, 0.05) is 58.1 Å². The third kappa shape index (κ3) is 6.81. The highest BCUT2D eigenvalue weighted by Crippen LogP contribution is 2.34. The van der Waals surface area contributed by atoms with E-state index in [1.54, 1.807) is 6.08 Å². The van der Waals surface area contributed by atoms with Gasteiger partial charge in [0.25, 0.3) is 5.91 Å². The second-order valence-electron chi connectivity index (χ2n) is 12.3. The molecule has 2 saturated heterocycles. The number of carbonyl (C=O) groups is 4. The van der Waals surface area contributed by atoms with Gasteiger partial charge in [-0.2, -0.15) is 12.6 Å². The molecule has 0 spiro atoms. The van der Waals surface area contributed by atoms with Crippen LogP contribution >= 0.6 is 12.6 Å². The van der Waals surface area contributed by atoms with E-state index in [4.69, 9.17) is 0 Å². The van der Waals surface area contributed by atoms with Gasteiger partial charge in [-0.25, -0.2) is 0 Å². The summed E-state index contributed by atoms with van der Waals surface area (Å²) in [6.07, 6.45) is 6.07. The summed E-state index contributed by atoms with van der Waals surface area (Å²) in [7, 11) is 0. The normalized spacial score (nSPS) is 25.3. The van der Waals surface area contributed by atoms with Gasteiger partial charge in [0.1, 0.15) is 0 Å². The summed E-state index contributed by atoms with van der Waals surface area (Å²) in [5, 5.41) is 26.8. The quantitative estimate of drug-likeness (QED) is 0.111. The van der Waals surface area contributed by atoms with Crippen LogP contribution in [0.5, 0.6) is 0 Å². The lowest BCUT2D eigenvalue weighted by molar-refractivity contribution is -0.137. The topological polar surface area (TPSA) is 164 Å². The number of aliphatic carboxylic acids is 2. The van der Waals surface area contributed by atoms with Gasteiger partial charge >= 0.3 is 11.9 Å². The van der Waals surface area contributed by atoms with E-state index in [1.165, 1.54) is 11.8 Å². The van der Waals surface area contributed by atoms with Crippen molar-refractivity contribution < 1.29 is 29.4 Å². The maximum absolute atomic E-state index is 12.7. The van der Waals surface area contributed by atoms with Gasteiger partial charge in [0.15, 0.2) is 11.0 Å². The minimum Gasteiger partial charge on any atom is -0.481 e. The lowest BCUT2D eigenvalue weighted by Crippen LogP contribution is -2.31. The van der Waals surface area contributed by atoms with Crippen LogP contribution in [0.2, 0.25) is 0 Å². The van der Waals surface area contributed by atoms with E-state index in [9.17, 15) is 29.4 Å². The molecule has 240 valence electrons. The number of rotatable bonds is 11. The molecule has 3 aliphatic rings. The van der Waals surface area contributed by atoms with Crippen LogP contribution in [0.25, 0.3) is 18.2 Å². The standard InChI is InChI=1S/C33H40N4O6S2/c1-14-19(6-8-28(38)39)24(34-21(14)10-23-16(3)31(27-13-45-27)33(43)36-23)12-25-20(7-9-29(40)41)15(2)22(35-25)11-26-30(18(5)44)17(4)32(42)37-26/h6,11-12,17-18,23,27,30,34-35,44H,7-10,13H2,1-5H3,(H,36,43)(H,37,42)(H,38,39)(H,40,41)/p+1/b19-6+,24-12+,26-11-/t17-,18+,23-,27-,30+/m1/s1. The number of aromatic amines is 2. The van der Waals surface area contributed by atoms with Gasteiger partial charge < -0.3 is 30.8 Å². The van der Waals surface area contributed by atoms with Crippen LogP contribution < -0.4 is 21.2 Å². The molecule has 45 heavy (non-hydrogen) atoms. The molecule has 0 bridgehead atoms. The van der Waals surface area contributed by atoms with Crippen LogP contribution in [0, 0.1) is 25.7 Å². The largest absolute Gasteiger partial charge is 0.481 e. The number of hydrogen-bond donors (Lipinski definition) is 7. The van der Waals surface area contributed by atoms with Crippen LogP contribution in [0.15, 0.2) is 16.8 Å². The Kier molecular flexibility index (Phi) is 9.46. The second kappa shape index (κ2) is 13.0. The second-order valence-corrected chi connectivity index (χ2v) is 14.5. The summed E-state index contributed by atoms with van der Waals surface area (Å²) in [6.45, 7) is 9.71. The lowest BCUT2D eigenvalue weighted by atomic mass is 9.91. The Bertz CT molecular complexity index is 1760. The van der Waals surface area contributed by atoms with Crippen molar-refractivity contribution >= 4 is 66.4 Å². The predicted octanol–water partition coefficient (Wildman–Crippen LogP) is 1.66. The Morgan fingerprint density at radius 1 is 1.07 bits per heavy atom. The molecule has 2 amide bonds. The third-order valence-corrected chi connectivity index (χ3v) is 10.6. The predicted molar refractivity (Wildman–Crippen MR) is 180 cm³/mol. The Morgan fingerprint density at radius 2 is 1.78 bits per heavy atom. The van der Waals surface area contributed by atoms with E-state index < -0.39 is 11.9 Å². The van der Waals surface area contributed by atoms with Crippen molar-refractivity contribution in [3.8, 4) is 0 Å². The molecule has 5 rings (SSSR count). The minimum absolute atomic E-state index is 0.00450. The van der Waals surface area contributed by atoms with Crippen molar-refractivity contribution in [2.45, 2.75) is 76.8 Å². The minimum atomic E-state index is -0.953. The summed E-state index contributed by atoms with van der Waals surface area (Å²) in [5.41, 5.74) is 7.65. The fraction of sp³-hybridized carbons (Fsp3) is 0.455. The first kappa shape index (κ1) is 32.7. The average molecular weight is 654 g/mol. The van der Waals surface area contributed by atoms with Gasteiger partial charge in [0.2, 0.25) is 5.91 Å². The summed E-state index contributed by atoms with van der Waals surface area (Å²) < 4.78 is 0. The van der Waals surface area contributed by atoms with Gasteiger partial charge in [-0.15, -0.1) is 0 Å². The van der Waals surface area contributed by atoms with Crippen molar-refractivity contribution in [1.29, 1.82) is 0 Å². The summed E-state index contributed by atoms with van der Waals surface area (Å²) in [5.74, 6) is -1.25. The highest BCUT2D eigenvalue weighted by molar-refractivity contribution is 7.87. The molecule has 6 N–H and O–H groups in total. The number of H-pyrrole nitrogens is 2. The van der Waals surface area contributed by atoms with E-state index >= 15 is 0 Å². The number of allylic oxidation sites excluding steroid dienone is 1. The zero-order chi connectivity index (χ0) is 32.7. The first-order valence-electron chi connectivity index (χ1n) is 15.2. The van der Waals surface area contributed by atoms with E-state index in [0.29, 0.717) is 22.7 Å². The average Bonchev–Trinajstić information content (AvgIpc) is 3.52. The fourth-order valence-corrected chi connectivity index (χ4v) is 7.82. The molecule has 0 aliphatic carbocycles. The summed E-state index contributed by atoms with van der Waals surface area (Å²) in [6, 6.07) is -0.149. The van der Waals surface area contributed by atoms with E-state index in [0.717, 1.165) is 55.9 Å². The monoisotopic (exact) mass is 653 g/mol. The van der Waals surface area contributed by atoms with Crippen LogP contribution in [0.4, 0.5) is 0 Å². The number of carboxylic acids is 2. The molecule has 0 radical (unpaired) electrons. The van der Waals surface area contributed by atoms with Crippen molar-refractivity contribution in [1.82, 2.24) is 20.6 Å². The van der Waals surface area contributed by atoms with Crippen LogP contribution in [-0.4, -0.2) is 66.2 Å². The maximum Gasteiger partial charge on any atom is 0.307 e. The molecule has 2 fully saturated rings. The molecule has 12 heteroatoms. The Labute approximate surface area is 271 Å². The molecule has 2 aromatic heterocycles. The number of hydrogen-bond acceptors (Lipinski definition) is 5. The lowest BCUT2D eigenvalue weighted by Gasteiger charge is -2.17. The van der Waals surface area contributed by atoms with E-state index in [-0.39, 0.29) is 54.2 Å². The molecule has 10 nitrogen and oxygen atoms in total. The van der Waals surface area contributed by atoms with Crippen LogP contribution in [-0.2, 0) is 43.8 Å². The number of carbonyl (C=O) groups excluding carboxylic acids is 2. The SMILES string of the molecule is CC1=C([C@H]2C[SH+]2)C(=O)N[C@@H]1Cc1[nH]c(=C/c2[nH]c(/C=C3\NC(=O)[C@H](C)[C@H]3[C@H](C)S)c(C)c2CCC(=O)O)/c(=C/CC(=O)O)c1C. The van der Waals surface area contributed by atoms with E-state index in [2.05, 4.69) is 33.2 Å². The molecule has 2 aromatic rings. The molecular weight excluding hydrogens is 613 g/mol. The zero-order valence-electron chi connectivity index (χ0n) is 26.1. The number of thiol groups is 2. The van der Waals surface area contributed by atoms with Gasteiger partial charge in [-0.05, 0) is 78.6 Å². The van der Waals surface area contributed by atoms with Crippen LogP contribution in [0.3, 0.4) is 0 Å². The summed E-state index contributed by atoms with van der Waals surface area (Å²) in [4.78, 5) is 55.3. The number of aromatic nitrogens is 2. The molecule has 0 aromatic carbocycles. The number of amides is 2. The Morgan fingerprint density at radius 3 is 2.40 bits per heavy atom. The molecule has 0 unspecified atom stereocenters. The first-order chi connectivity index (χ1) is 21.3. The summed E-state index contributed by atoms with van der Waals surface area (Å²) >= 11 is 5.91. The van der Waals surface area contributed by atoms with Gasteiger partial charge in [-0.3, -0.25) is 19.2 Å². The van der Waals surface area contributed by atoms with Gasteiger partial charge in [0.05, 0.1) is 18.0 Å². The fourth-order valence-electron chi connectivity index (χ4n) is 6.61. The zero-order valence-corrected chi connectivity index (χ0v) is 27.9. The molecule has 0 saturated carbocycles. The number of carboxylic acid groups (broad SMARTS) is 2. The maximum atomic E-state index is 12.7. The molecular formula is C33H41N4O6S2+. The van der Waals surface area contributed by atoms with Gasteiger partial charge in [-0.1, -0.05) is 19.9 Å². The number of nitrogens with one attached hydrogen (secondary N) is 4. The van der Waals surface area contributed by atoms with Crippen molar-refractivity contribution in [2.24, 2.45) is 11.8 Å². The highest BCUT2D eigenvalue weighted by Gasteiger charge is 2.47. The Hall–Kier alpha value is -3.64. The molecule has 3 aliphatic heterocycles. The molecule has 5 heterocycles. The smallest absolute Gasteiger partial charge is 0.307 e. The van der Waals surface area contributed by atoms with E-state index in [1.807, 2.05) is 46.8 Å². The van der Waals surface area contributed by atoms with Crippen LogP contribution in [0.1, 0.15) is 67.4 Å². The van der Waals surface area contributed by atoms with Crippen molar-refractivity contribution in [3.05, 3.63) is 61.2 Å². The first-order valence-corrected chi connectivity index (χ1v) is 16.9.